The first-order valence-electron chi connectivity index (χ1n) is 11.7. The Bertz CT molecular complexity index is 943. The molecular formula is C28H33N. The van der Waals surface area contributed by atoms with Crippen LogP contribution in [0.25, 0.3) is 0 Å². The van der Waals surface area contributed by atoms with E-state index in [1.807, 2.05) is 0 Å². The Morgan fingerprint density at radius 3 is 2.69 bits per heavy atom. The Hall–Kier alpha value is -2.02. The average Bonchev–Trinajstić information content (AvgIpc) is 3.43. The lowest BCUT2D eigenvalue weighted by Crippen LogP contribution is -2.34. The summed E-state index contributed by atoms with van der Waals surface area (Å²) in [7, 11) is 0. The van der Waals surface area contributed by atoms with Gasteiger partial charge in [0.1, 0.15) is 0 Å². The average molecular weight is 384 g/mol. The van der Waals surface area contributed by atoms with Crippen LogP contribution >= 0.6 is 0 Å². The van der Waals surface area contributed by atoms with Gasteiger partial charge in [0, 0.05) is 23.2 Å². The van der Waals surface area contributed by atoms with E-state index in [9.17, 15) is 0 Å². The van der Waals surface area contributed by atoms with E-state index in [0.717, 1.165) is 23.7 Å². The van der Waals surface area contributed by atoms with E-state index in [2.05, 4.69) is 79.9 Å². The largest absolute Gasteiger partial charge is 0.359 e. The van der Waals surface area contributed by atoms with Crippen LogP contribution in [-0.2, 0) is 5.41 Å². The van der Waals surface area contributed by atoms with Gasteiger partial charge in [-0.05, 0) is 78.0 Å². The molecule has 6 rings (SSSR count). The standard InChI is InChI=1S/C28H33N/c1-28(2)25-8-4-3-6-22(25)23-7-5-9-26(27(23)28)29-21-14-12-19(13-15-21)24-17-18-10-11-20(24)16-18/h3-9,12,14-15,18-20,23-24,27,29H,10-11,13,16-17H2,1-2H3. The minimum absolute atomic E-state index is 0.148. The smallest absolute Gasteiger partial charge is 0.0338 e. The van der Waals surface area contributed by atoms with Gasteiger partial charge in [0.15, 0.2) is 0 Å². The van der Waals surface area contributed by atoms with Crippen LogP contribution in [0, 0.1) is 29.6 Å². The molecule has 2 fully saturated rings. The highest BCUT2D eigenvalue weighted by Gasteiger charge is 2.47. The summed E-state index contributed by atoms with van der Waals surface area (Å²) in [6.45, 7) is 4.84. The van der Waals surface area contributed by atoms with E-state index >= 15 is 0 Å². The van der Waals surface area contributed by atoms with Crippen molar-refractivity contribution in [1.29, 1.82) is 0 Å². The van der Waals surface area contributed by atoms with Crippen LogP contribution in [0.1, 0.15) is 63.0 Å². The lowest BCUT2D eigenvalue weighted by molar-refractivity contribution is 0.262. The molecule has 2 saturated carbocycles. The van der Waals surface area contributed by atoms with Crippen molar-refractivity contribution in [2.75, 3.05) is 0 Å². The van der Waals surface area contributed by atoms with E-state index in [4.69, 9.17) is 0 Å². The third kappa shape index (κ3) is 2.73. The van der Waals surface area contributed by atoms with Crippen LogP contribution in [0.3, 0.4) is 0 Å². The zero-order valence-corrected chi connectivity index (χ0v) is 17.8. The summed E-state index contributed by atoms with van der Waals surface area (Å²) in [5.74, 6) is 4.76. The summed E-state index contributed by atoms with van der Waals surface area (Å²) in [6.07, 6.45) is 21.6. The van der Waals surface area contributed by atoms with E-state index < -0.39 is 0 Å². The summed E-state index contributed by atoms with van der Waals surface area (Å²) >= 11 is 0. The molecule has 1 aromatic carbocycles. The summed E-state index contributed by atoms with van der Waals surface area (Å²) < 4.78 is 0. The molecule has 0 aromatic heterocycles. The van der Waals surface area contributed by atoms with Gasteiger partial charge in [0.25, 0.3) is 0 Å². The SMILES string of the molecule is CC1(C)c2ccccc2C2C=CC=C(NC3=CCC(C4CC5CCC4C5)C=C3)C21. The van der Waals surface area contributed by atoms with Crippen molar-refractivity contribution in [3.05, 3.63) is 83.2 Å². The van der Waals surface area contributed by atoms with Crippen molar-refractivity contribution in [1.82, 2.24) is 5.32 Å². The summed E-state index contributed by atoms with van der Waals surface area (Å²) in [5.41, 5.74) is 5.86. The number of hydrogen-bond donors (Lipinski definition) is 1. The summed E-state index contributed by atoms with van der Waals surface area (Å²) in [5, 5.41) is 3.85. The van der Waals surface area contributed by atoms with Crippen molar-refractivity contribution < 1.29 is 0 Å². The highest BCUT2D eigenvalue weighted by atomic mass is 14.9. The van der Waals surface area contributed by atoms with Crippen LogP contribution in [0.15, 0.2) is 72.1 Å². The van der Waals surface area contributed by atoms with E-state index in [0.29, 0.717) is 11.8 Å². The van der Waals surface area contributed by atoms with Crippen molar-refractivity contribution in [3.8, 4) is 0 Å². The first-order valence-corrected chi connectivity index (χ1v) is 11.7. The van der Waals surface area contributed by atoms with Gasteiger partial charge in [0.2, 0.25) is 0 Å². The lowest BCUT2D eigenvalue weighted by atomic mass is 9.72. The number of nitrogens with one attached hydrogen (secondary N) is 1. The Kier molecular flexibility index (Phi) is 3.98. The molecule has 0 heterocycles. The second-order valence-electron chi connectivity index (χ2n) is 10.7. The normalized spacial score (nSPS) is 38.4. The Labute approximate surface area is 175 Å². The molecule has 29 heavy (non-hydrogen) atoms. The Balaban J connectivity index is 1.20. The molecule has 0 saturated heterocycles. The molecule has 1 heteroatoms. The highest BCUT2D eigenvalue weighted by molar-refractivity contribution is 5.51. The predicted molar refractivity (Wildman–Crippen MR) is 120 cm³/mol. The highest BCUT2D eigenvalue weighted by Crippen LogP contribution is 2.55. The van der Waals surface area contributed by atoms with E-state index in [1.165, 1.54) is 54.6 Å². The maximum absolute atomic E-state index is 3.85. The minimum atomic E-state index is 0.148. The number of allylic oxidation sites excluding steroid dienone is 7. The predicted octanol–water partition coefficient (Wildman–Crippen LogP) is 6.62. The number of benzene rings is 1. The zero-order valence-electron chi connectivity index (χ0n) is 17.8. The van der Waals surface area contributed by atoms with Gasteiger partial charge in [-0.2, -0.15) is 0 Å². The number of rotatable bonds is 3. The molecule has 0 radical (unpaired) electrons. The quantitative estimate of drug-likeness (QED) is 0.618. The van der Waals surface area contributed by atoms with Crippen LogP contribution in [0.5, 0.6) is 0 Å². The van der Waals surface area contributed by atoms with Gasteiger partial charge < -0.3 is 5.32 Å². The molecule has 6 unspecified atom stereocenters. The van der Waals surface area contributed by atoms with Crippen molar-refractivity contribution in [2.24, 2.45) is 29.6 Å². The molecule has 0 amide bonds. The number of fused-ring (bicyclic) bond motifs is 5. The lowest BCUT2D eigenvalue weighted by Gasteiger charge is -2.36. The molecule has 5 aliphatic rings. The van der Waals surface area contributed by atoms with Crippen LogP contribution in [0.2, 0.25) is 0 Å². The fourth-order valence-corrected chi connectivity index (χ4v) is 7.50. The third-order valence-electron chi connectivity index (χ3n) is 8.84. The first kappa shape index (κ1) is 17.8. The minimum Gasteiger partial charge on any atom is -0.359 e. The molecule has 1 N–H and O–H groups in total. The van der Waals surface area contributed by atoms with Crippen LogP contribution < -0.4 is 5.32 Å². The summed E-state index contributed by atoms with van der Waals surface area (Å²) in [4.78, 5) is 0. The Morgan fingerprint density at radius 2 is 1.93 bits per heavy atom. The fourth-order valence-electron chi connectivity index (χ4n) is 7.50. The molecular weight excluding hydrogens is 350 g/mol. The molecule has 0 spiro atoms. The molecule has 1 nitrogen and oxygen atoms in total. The van der Waals surface area contributed by atoms with Gasteiger partial charge in [-0.25, -0.2) is 0 Å². The molecule has 1 aromatic rings. The van der Waals surface area contributed by atoms with Crippen molar-refractivity contribution in [3.63, 3.8) is 0 Å². The molecule has 6 atom stereocenters. The molecule has 2 bridgehead atoms. The molecule has 150 valence electrons. The maximum Gasteiger partial charge on any atom is 0.0338 e. The van der Waals surface area contributed by atoms with E-state index in [1.54, 1.807) is 0 Å². The number of hydrogen-bond acceptors (Lipinski definition) is 1. The van der Waals surface area contributed by atoms with Gasteiger partial charge in [-0.1, -0.05) is 68.8 Å². The monoisotopic (exact) mass is 383 g/mol. The van der Waals surface area contributed by atoms with Gasteiger partial charge >= 0.3 is 0 Å². The topological polar surface area (TPSA) is 12.0 Å². The first-order chi connectivity index (χ1) is 14.1. The van der Waals surface area contributed by atoms with Crippen molar-refractivity contribution in [2.45, 2.75) is 57.3 Å². The zero-order chi connectivity index (χ0) is 19.6. The van der Waals surface area contributed by atoms with Gasteiger partial charge in [-0.3, -0.25) is 0 Å². The van der Waals surface area contributed by atoms with Crippen LogP contribution in [-0.4, -0.2) is 0 Å². The van der Waals surface area contributed by atoms with Crippen molar-refractivity contribution >= 4 is 0 Å². The second kappa shape index (κ2) is 6.49. The van der Waals surface area contributed by atoms with Crippen LogP contribution in [0.4, 0.5) is 0 Å². The third-order valence-corrected chi connectivity index (χ3v) is 8.84. The van der Waals surface area contributed by atoms with E-state index in [-0.39, 0.29) is 5.41 Å². The molecule has 5 aliphatic carbocycles. The summed E-state index contributed by atoms with van der Waals surface area (Å²) in [6, 6.07) is 9.05. The second-order valence-corrected chi connectivity index (χ2v) is 10.7. The molecule has 0 aliphatic heterocycles. The van der Waals surface area contributed by atoms with Gasteiger partial charge in [0.05, 0.1) is 0 Å². The fraction of sp³-hybridized carbons (Fsp3) is 0.500. The van der Waals surface area contributed by atoms with Gasteiger partial charge in [-0.15, -0.1) is 0 Å². The maximum atomic E-state index is 3.85. The Morgan fingerprint density at radius 1 is 1.03 bits per heavy atom.